The van der Waals surface area contributed by atoms with Crippen molar-refractivity contribution in [2.24, 2.45) is 11.8 Å². The van der Waals surface area contributed by atoms with Crippen LogP contribution in [0.15, 0.2) is 11.4 Å². The molecule has 0 unspecified atom stereocenters. The lowest BCUT2D eigenvalue weighted by Crippen LogP contribution is -2.43. The lowest BCUT2D eigenvalue weighted by molar-refractivity contribution is -0.135. The van der Waals surface area contributed by atoms with Gasteiger partial charge in [-0.05, 0) is 43.0 Å². The Morgan fingerprint density at radius 2 is 1.92 bits per heavy atom. The molecule has 24 heavy (non-hydrogen) atoms. The minimum Gasteiger partial charge on any atom is -0.465 e. The van der Waals surface area contributed by atoms with E-state index in [2.05, 4.69) is 11.7 Å². The first-order valence-electron chi connectivity index (χ1n) is 7.77. The molecule has 0 saturated heterocycles. The zero-order valence-electron chi connectivity index (χ0n) is 13.6. The number of anilines is 1. The van der Waals surface area contributed by atoms with Crippen molar-refractivity contribution in [3.63, 3.8) is 0 Å². The Bertz CT molecular complexity index is 592. The molecule has 1 aliphatic carbocycles. The van der Waals surface area contributed by atoms with Gasteiger partial charge in [-0.1, -0.05) is 6.92 Å². The topological polar surface area (TPSA) is 46.6 Å². The molecule has 1 amide bonds. The van der Waals surface area contributed by atoms with E-state index in [0.717, 1.165) is 31.3 Å². The maximum Gasteiger partial charge on any atom is 0.406 e. The summed E-state index contributed by atoms with van der Waals surface area (Å²) in [6, 6.07) is 1.37. The van der Waals surface area contributed by atoms with Crippen LogP contribution < -0.4 is 4.90 Å². The van der Waals surface area contributed by atoms with Gasteiger partial charge in [0.25, 0.3) is 0 Å². The molecule has 134 valence electrons. The maximum absolute atomic E-state index is 13.0. The molecular weight excluding hydrogens is 343 g/mol. The van der Waals surface area contributed by atoms with Crippen LogP contribution in [-0.2, 0) is 9.53 Å². The van der Waals surface area contributed by atoms with Gasteiger partial charge in [-0.25, -0.2) is 4.79 Å². The van der Waals surface area contributed by atoms with Crippen LogP contribution in [0.25, 0.3) is 0 Å². The van der Waals surface area contributed by atoms with E-state index in [9.17, 15) is 22.8 Å². The number of alkyl halides is 3. The van der Waals surface area contributed by atoms with Crippen molar-refractivity contribution in [1.29, 1.82) is 0 Å². The Kier molecular flexibility index (Phi) is 5.90. The van der Waals surface area contributed by atoms with Crippen molar-refractivity contribution in [1.82, 2.24) is 0 Å². The van der Waals surface area contributed by atoms with E-state index in [0.29, 0.717) is 23.7 Å². The molecule has 0 aromatic carbocycles. The Morgan fingerprint density at radius 3 is 2.46 bits per heavy atom. The van der Waals surface area contributed by atoms with Gasteiger partial charge in [0, 0.05) is 5.92 Å². The number of esters is 1. The SMILES string of the molecule is COC(=O)c1sccc1N(CC(F)(F)F)C(=O)C1CCC(C)CC1. The summed E-state index contributed by atoms with van der Waals surface area (Å²) in [5.41, 5.74) is -0.0206. The summed E-state index contributed by atoms with van der Waals surface area (Å²) >= 11 is 0.965. The first-order chi connectivity index (χ1) is 11.2. The Balaban J connectivity index is 2.30. The molecule has 4 nitrogen and oxygen atoms in total. The minimum atomic E-state index is -4.55. The van der Waals surface area contributed by atoms with Crippen molar-refractivity contribution >= 4 is 28.9 Å². The number of rotatable bonds is 4. The quantitative estimate of drug-likeness (QED) is 0.751. The third kappa shape index (κ3) is 4.49. The molecular formula is C16H20F3NO3S. The number of nitrogens with zero attached hydrogens (tertiary/aromatic N) is 1. The number of thiophene rings is 1. The fraction of sp³-hybridized carbons (Fsp3) is 0.625. The molecule has 1 aliphatic rings. The number of ether oxygens (including phenoxy) is 1. The number of carbonyl (C=O) groups excluding carboxylic acids is 2. The largest absolute Gasteiger partial charge is 0.465 e. The third-order valence-electron chi connectivity index (χ3n) is 4.27. The van der Waals surface area contributed by atoms with Crippen LogP contribution in [-0.4, -0.2) is 31.7 Å². The molecule has 1 aromatic rings. The fourth-order valence-electron chi connectivity index (χ4n) is 2.95. The lowest BCUT2D eigenvalue weighted by Gasteiger charge is -2.31. The van der Waals surface area contributed by atoms with Crippen LogP contribution in [0.2, 0.25) is 0 Å². The normalized spacial score (nSPS) is 21.4. The van der Waals surface area contributed by atoms with Gasteiger partial charge in [0.2, 0.25) is 5.91 Å². The highest BCUT2D eigenvalue weighted by Crippen LogP contribution is 2.35. The van der Waals surface area contributed by atoms with Gasteiger partial charge in [-0.3, -0.25) is 4.79 Å². The molecule has 0 spiro atoms. The highest BCUT2D eigenvalue weighted by atomic mass is 32.1. The van der Waals surface area contributed by atoms with Crippen LogP contribution in [0, 0.1) is 11.8 Å². The van der Waals surface area contributed by atoms with Crippen LogP contribution >= 0.6 is 11.3 Å². The monoisotopic (exact) mass is 363 g/mol. The van der Waals surface area contributed by atoms with Crippen LogP contribution in [0.3, 0.4) is 0 Å². The smallest absolute Gasteiger partial charge is 0.406 e. The van der Waals surface area contributed by atoms with Gasteiger partial charge >= 0.3 is 12.1 Å². The molecule has 1 aromatic heterocycles. The van der Waals surface area contributed by atoms with Gasteiger partial charge in [0.1, 0.15) is 11.4 Å². The molecule has 0 bridgehead atoms. The molecule has 0 atom stereocenters. The Labute approximate surface area is 142 Å². The number of amides is 1. The highest BCUT2D eigenvalue weighted by Gasteiger charge is 2.38. The lowest BCUT2D eigenvalue weighted by atomic mass is 9.82. The second kappa shape index (κ2) is 7.55. The van der Waals surface area contributed by atoms with E-state index in [4.69, 9.17) is 0 Å². The summed E-state index contributed by atoms with van der Waals surface area (Å²) < 4.78 is 43.6. The zero-order chi connectivity index (χ0) is 17.9. The van der Waals surface area contributed by atoms with Gasteiger partial charge < -0.3 is 9.64 Å². The van der Waals surface area contributed by atoms with Crippen molar-refractivity contribution in [2.45, 2.75) is 38.8 Å². The summed E-state index contributed by atoms with van der Waals surface area (Å²) in [7, 11) is 1.16. The first kappa shape index (κ1) is 18.8. The number of hydrogen-bond acceptors (Lipinski definition) is 4. The third-order valence-corrected chi connectivity index (χ3v) is 5.16. The average Bonchev–Trinajstić information content (AvgIpc) is 3.00. The van der Waals surface area contributed by atoms with Gasteiger partial charge in [-0.15, -0.1) is 11.3 Å². The van der Waals surface area contributed by atoms with Crippen LogP contribution in [0.5, 0.6) is 0 Å². The second-order valence-electron chi connectivity index (χ2n) is 6.12. The van der Waals surface area contributed by atoms with Gasteiger partial charge in [-0.2, -0.15) is 13.2 Å². The Morgan fingerprint density at radius 1 is 1.29 bits per heavy atom. The number of methoxy groups -OCH3 is 1. The summed E-state index contributed by atoms with van der Waals surface area (Å²) in [6.45, 7) is 0.668. The van der Waals surface area contributed by atoms with E-state index in [1.54, 1.807) is 0 Å². The van der Waals surface area contributed by atoms with E-state index in [1.807, 2.05) is 0 Å². The number of hydrogen-bond donors (Lipinski definition) is 0. The van der Waals surface area contributed by atoms with Crippen molar-refractivity contribution in [3.8, 4) is 0 Å². The molecule has 8 heteroatoms. The van der Waals surface area contributed by atoms with Crippen LogP contribution in [0.1, 0.15) is 42.3 Å². The second-order valence-corrected chi connectivity index (χ2v) is 7.04. The summed E-state index contributed by atoms with van der Waals surface area (Å²) in [6.07, 6.45) is -1.75. The van der Waals surface area contributed by atoms with E-state index >= 15 is 0 Å². The predicted molar refractivity (Wildman–Crippen MR) is 85.2 cm³/mol. The summed E-state index contributed by atoms with van der Waals surface area (Å²) in [5.74, 6) is -1.26. The highest BCUT2D eigenvalue weighted by molar-refractivity contribution is 7.12. The predicted octanol–water partition coefficient (Wildman–Crippen LogP) is 4.26. The number of halogens is 3. The van der Waals surface area contributed by atoms with E-state index < -0.39 is 30.5 Å². The molecule has 0 aliphatic heterocycles. The zero-order valence-corrected chi connectivity index (χ0v) is 14.4. The van der Waals surface area contributed by atoms with E-state index in [1.165, 1.54) is 11.4 Å². The first-order valence-corrected chi connectivity index (χ1v) is 8.65. The van der Waals surface area contributed by atoms with Crippen molar-refractivity contribution < 1.29 is 27.5 Å². The summed E-state index contributed by atoms with van der Waals surface area (Å²) in [5, 5.41) is 1.49. The van der Waals surface area contributed by atoms with Gasteiger partial charge in [0.05, 0.1) is 12.8 Å². The number of carbonyl (C=O) groups is 2. The molecule has 2 rings (SSSR count). The van der Waals surface area contributed by atoms with Crippen molar-refractivity contribution in [3.05, 3.63) is 16.3 Å². The molecule has 1 fully saturated rings. The molecule has 0 radical (unpaired) electrons. The standard InChI is InChI=1S/C16H20F3NO3S/c1-10-3-5-11(6-4-10)14(21)20(9-16(17,18)19)12-7-8-24-13(12)15(22)23-2/h7-8,10-11H,3-6,9H2,1-2H3. The fourth-order valence-corrected chi connectivity index (χ4v) is 3.76. The molecule has 1 saturated carbocycles. The average molecular weight is 363 g/mol. The van der Waals surface area contributed by atoms with Crippen LogP contribution in [0.4, 0.5) is 18.9 Å². The molecule has 0 N–H and O–H groups in total. The van der Waals surface area contributed by atoms with Crippen molar-refractivity contribution in [2.75, 3.05) is 18.6 Å². The maximum atomic E-state index is 13.0. The molecule has 1 heterocycles. The summed E-state index contributed by atoms with van der Waals surface area (Å²) in [4.78, 5) is 25.2. The Hall–Kier alpha value is -1.57. The minimum absolute atomic E-state index is 0.0132. The van der Waals surface area contributed by atoms with E-state index in [-0.39, 0.29) is 10.6 Å². The van der Waals surface area contributed by atoms with Gasteiger partial charge in [0.15, 0.2) is 0 Å².